The SMILES string of the molecule is c1ccc2c(c1)NN(C1=NCCN1)N2. The van der Waals surface area contributed by atoms with Crippen LogP contribution in [0.3, 0.4) is 0 Å². The van der Waals surface area contributed by atoms with Crippen LogP contribution in [0.4, 0.5) is 11.4 Å². The number of rotatable bonds is 0. The van der Waals surface area contributed by atoms with E-state index in [0.29, 0.717) is 0 Å². The first-order valence-electron chi connectivity index (χ1n) is 4.64. The molecular formula is C9H11N5. The van der Waals surface area contributed by atoms with E-state index >= 15 is 0 Å². The Morgan fingerprint density at radius 2 is 1.86 bits per heavy atom. The maximum absolute atomic E-state index is 4.31. The summed E-state index contributed by atoms with van der Waals surface area (Å²) in [5.41, 5.74) is 8.56. The fourth-order valence-corrected chi connectivity index (χ4v) is 1.59. The van der Waals surface area contributed by atoms with Gasteiger partial charge in [-0.1, -0.05) is 12.1 Å². The van der Waals surface area contributed by atoms with Gasteiger partial charge in [0.25, 0.3) is 0 Å². The summed E-state index contributed by atoms with van der Waals surface area (Å²) in [6.45, 7) is 1.75. The highest BCUT2D eigenvalue weighted by Crippen LogP contribution is 2.27. The van der Waals surface area contributed by atoms with Crippen molar-refractivity contribution in [2.75, 3.05) is 23.9 Å². The van der Waals surface area contributed by atoms with Gasteiger partial charge in [-0.2, -0.15) is 5.12 Å². The van der Waals surface area contributed by atoms with Gasteiger partial charge in [-0.15, -0.1) is 0 Å². The van der Waals surface area contributed by atoms with E-state index in [9.17, 15) is 0 Å². The van der Waals surface area contributed by atoms with Crippen LogP contribution >= 0.6 is 0 Å². The first-order chi connectivity index (χ1) is 6.93. The normalized spacial score (nSPS) is 18.0. The number of para-hydroxylation sites is 2. The molecule has 0 spiro atoms. The number of nitrogens with zero attached hydrogens (tertiary/aromatic N) is 2. The van der Waals surface area contributed by atoms with Crippen molar-refractivity contribution in [1.82, 2.24) is 10.4 Å². The Bertz CT molecular complexity index is 362. The molecule has 3 N–H and O–H groups in total. The van der Waals surface area contributed by atoms with Crippen LogP contribution in [0.25, 0.3) is 0 Å². The summed E-state index contributed by atoms with van der Waals surface area (Å²) in [6.07, 6.45) is 0. The lowest BCUT2D eigenvalue weighted by molar-refractivity contribution is 0.601. The van der Waals surface area contributed by atoms with Crippen molar-refractivity contribution in [2.45, 2.75) is 0 Å². The second-order valence-electron chi connectivity index (χ2n) is 3.24. The van der Waals surface area contributed by atoms with Crippen LogP contribution in [0.15, 0.2) is 29.3 Å². The molecule has 5 heteroatoms. The third-order valence-electron chi connectivity index (χ3n) is 2.26. The molecule has 0 aliphatic carbocycles. The minimum absolute atomic E-state index is 0.839. The first kappa shape index (κ1) is 7.49. The zero-order chi connectivity index (χ0) is 9.38. The summed E-state index contributed by atoms with van der Waals surface area (Å²) in [5, 5.41) is 4.99. The van der Waals surface area contributed by atoms with Crippen molar-refractivity contribution in [2.24, 2.45) is 4.99 Å². The van der Waals surface area contributed by atoms with Crippen molar-refractivity contribution >= 4 is 17.3 Å². The van der Waals surface area contributed by atoms with Gasteiger partial charge < -0.3 is 5.32 Å². The number of hydrogen-bond donors (Lipinski definition) is 3. The predicted octanol–water partition coefficient (Wildman–Crippen LogP) is 0.615. The number of benzene rings is 1. The van der Waals surface area contributed by atoms with Crippen LogP contribution in [-0.4, -0.2) is 24.2 Å². The van der Waals surface area contributed by atoms with Gasteiger partial charge in [0, 0.05) is 6.54 Å². The number of anilines is 2. The highest BCUT2D eigenvalue weighted by atomic mass is 15.8. The first-order valence-corrected chi connectivity index (χ1v) is 4.64. The molecule has 14 heavy (non-hydrogen) atoms. The third-order valence-corrected chi connectivity index (χ3v) is 2.26. The lowest BCUT2D eigenvalue weighted by Crippen LogP contribution is -2.42. The number of aliphatic imine (C=N–C) groups is 1. The monoisotopic (exact) mass is 189 g/mol. The van der Waals surface area contributed by atoms with Crippen LogP contribution in [0, 0.1) is 0 Å². The summed E-state index contributed by atoms with van der Waals surface area (Å²) in [6, 6.07) is 8.05. The molecule has 72 valence electrons. The van der Waals surface area contributed by atoms with Crippen LogP contribution in [-0.2, 0) is 0 Å². The lowest BCUT2D eigenvalue weighted by Gasteiger charge is -2.17. The third kappa shape index (κ3) is 1.06. The Morgan fingerprint density at radius 3 is 2.43 bits per heavy atom. The Balaban J connectivity index is 1.84. The molecule has 2 aliphatic heterocycles. The smallest absolute Gasteiger partial charge is 0.233 e. The maximum atomic E-state index is 4.31. The predicted molar refractivity (Wildman–Crippen MR) is 55.8 cm³/mol. The van der Waals surface area contributed by atoms with Crippen molar-refractivity contribution < 1.29 is 0 Å². The zero-order valence-electron chi connectivity index (χ0n) is 7.62. The molecule has 0 amide bonds. The van der Waals surface area contributed by atoms with Gasteiger partial charge in [-0.05, 0) is 12.1 Å². The van der Waals surface area contributed by atoms with Gasteiger partial charge in [-0.3, -0.25) is 10.9 Å². The van der Waals surface area contributed by atoms with E-state index in [2.05, 4.69) is 21.2 Å². The van der Waals surface area contributed by atoms with Crippen molar-refractivity contribution in [3.05, 3.63) is 24.3 Å². The second-order valence-corrected chi connectivity index (χ2v) is 3.24. The van der Waals surface area contributed by atoms with E-state index in [1.54, 1.807) is 5.12 Å². The molecular weight excluding hydrogens is 178 g/mol. The van der Waals surface area contributed by atoms with Crippen LogP contribution in [0.5, 0.6) is 0 Å². The Labute approximate surface area is 81.8 Å². The maximum Gasteiger partial charge on any atom is 0.233 e. The van der Waals surface area contributed by atoms with Gasteiger partial charge >= 0.3 is 0 Å². The molecule has 1 aromatic rings. The Hall–Kier alpha value is -1.91. The standard InChI is InChI=1S/C9H11N5/c1-2-4-8-7(3-1)12-14(13-8)9-10-5-6-11-9/h1-4,12-13H,5-6H2,(H,10,11). The van der Waals surface area contributed by atoms with Crippen LogP contribution in [0.1, 0.15) is 0 Å². The largest absolute Gasteiger partial charge is 0.352 e. The molecule has 0 saturated heterocycles. The highest BCUT2D eigenvalue weighted by molar-refractivity contribution is 5.88. The molecule has 0 aromatic heterocycles. The molecule has 1 aromatic carbocycles. The van der Waals surface area contributed by atoms with Crippen molar-refractivity contribution in [3.63, 3.8) is 0 Å². The lowest BCUT2D eigenvalue weighted by atomic mass is 10.3. The molecule has 2 aliphatic rings. The second kappa shape index (κ2) is 2.80. The van der Waals surface area contributed by atoms with Crippen LogP contribution < -0.4 is 16.2 Å². The fraction of sp³-hybridized carbons (Fsp3) is 0.222. The molecule has 0 bridgehead atoms. The van der Waals surface area contributed by atoms with E-state index in [0.717, 1.165) is 30.4 Å². The molecule has 0 saturated carbocycles. The summed E-state index contributed by atoms with van der Waals surface area (Å²) < 4.78 is 0. The molecule has 5 nitrogen and oxygen atoms in total. The average molecular weight is 189 g/mol. The zero-order valence-corrected chi connectivity index (χ0v) is 7.62. The van der Waals surface area contributed by atoms with E-state index in [4.69, 9.17) is 0 Å². The van der Waals surface area contributed by atoms with Crippen molar-refractivity contribution in [1.29, 1.82) is 0 Å². The van der Waals surface area contributed by atoms with Gasteiger partial charge in [0.1, 0.15) is 0 Å². The van der Waals surface area contributed by atoms with Gasteiger partial charge in [0.15, 0.2) is 0 Å². The topological polar surface area (TPSA) is 51.7 Å². The number of hydrogen-bond acceptors (Lipinski definition) is 5. The van der Waals surface area contributed by atoms with Gasteiger partial charge in [0.2, 0.25) is 5.96 Å². The Kier molecular flexibility index (Phi) is 1.50. The number of guanidine groups is 1. The van der Waals surface area contributed by atoms with E-state index in [1.807, 2.05) is 24.3 Å². The Morgan fingerprint density at radius 1 is 1.14 bits per heavy atom. The minimum Gasteiger partial charge on any atom is -0.352 e. The molecule has 0 radical (unpaired) electrons. The molecule has 3 rings (SSSR count). The minimum atomic E-state index is 0.839. The van der Waals surface area contributed by atoms with Crippen LogP contribution in [0.2, 0.25) is 0 Å². The fourth-order valence-electron chi connectivity index (χ4n) is 1.59. The molecule has 0 atom stereocenters. The molecule has 0 unspecified atom stereocenters. The van der Waals surface area contributed by atoms with E-state index < -0.39 is 0 Å². The number of hydrazine groups is 2. The summed E-state index contributed by atoms with van der Waals surface area (Å²) >= 11 is 0. The quantitative estimate of drug-likeness (QED) is 0.560. The average Bonchev–Trinajstić information content (AvgIpc) is 2.86. The highest BCUT2D eigenvalue weighted by Gasteiger charge is 2.21. The summed E-state index contributed by atoms with van der Waals surface area (Å²) in [4.78, 5) is 4.31. The molecule has 2 heterocycles. The summed E-state index contributed by atoms with van der Waals surface area (Å²) in [5.74, 6) is 0.848. The summed E-state index contributed by atoms with van der Waals surface area (Å²) in [7, 11) is 0. The molecule has 0 fully saturated rings. The van der Waals surface area contributed by atoms with E-state index in [1.165, 1.54) is 0 Å². The van der Waals surface area contributed by atoms with Gasteiger partial charge in [0.05, 0.1) is 17.9 Å². The van der Waals surface area contributed by atoms with E-state index in [-0.39, 0.29) is 0 Å². The number of fused-ring (bicyclic) bond motifs is 1. The van der Waals surface area contributed by atoms with Gasteiger partial charge in [-0.25, -0.2) is 4.99 Å². The van der Waals surface area contributed by atoms with Crippen molar-refractivity contribution in [3.8, 4) is 0 Å². The number of nitrogens with one attached hydrogen (secondary N) is 3.